The van der Waals surface area contributed by atoms with E-state index in [1.807, 2.05) is 24.3 Å². The number of hydrogen-bond acceptors (Lipinski definition) is 5. The zero-order chi connectivity index (χ0) is 13.2. The Hall–Kier alpha value is -2.83. The van der Waals surface area contributed by atoms with Gasteiger partial charge in [0, 0.05) is 18.0 Å². The van der Waals surface area contributed by atoms with Gasteiger partial charge in [-0.3, -0.25) is 0 Å². The van der Waals surface area contributed by atoms with E-state index < -0.39 is 0 Å². The summed E-state index contributed by atoms with van der Waals surface area (Å²) in [4.78, 5) is 15.8. The number of aromatic amines is 1. The molecule has 19 heavy (non-hydrogen) atoms. The van der Waals surface area contributed by atoms with E-state index in [4.69, 9.17) is 4.74 Å². The van der Waals surface area contributed by atoms with Gasteiger partial charge >= 0.3 is 5.69 Å². The number of nitrogens with one attached hydrogen (secondary N) is 2. The maximum Gasteiger partial charge on any atom is 0.350 e. The lowest BCUT2D eigenvalue weighted by molar-refractivity contribution is 0.415. The standard InChI is InChI=1S/C12H11N5O2/c1-19-9-4-2-8(3-5-9)14-11-13-7-6-10-15-16-12(18)17(10)11/h2-7H,1H3,(H,13,14)(H,16,18). The fourth-order valence-electron chi connectivity index (χ4n) is 1.75. The minimum atomic E-state index is -0.334. The first-order chi connectivity index (χ1) is 9.28. The number of H-pyrrole nitrogens is 1. The Morgan fingerprint density at radius 2 is 2.05 bits per heavy atom. The maximum atomic E-state index is 11.6. The summed E-state index contributed by atoms with van der Waals surface area (Å²) in [5, 5.41) is 9.31. The molecule has 7 nitrogen and oxygen atoms in total. The first-order valence-corrected chi connectivity index (χ1v) is 5.61. The molecular weight excluding hydrogens is 246 g/mol. The second-order valence-corrected chi connectivity index (χ2v) is 3.84. The lowest BCUT2D eigenvalue weighted by atomic mass is 10.3. The molecule has 0 saturated carbocycles. The highest BCUT2D eigenvalue weighted by atomic mass is 16.5. The predicted octanol–water partition coefficient (Wildman–Crippen LogP) is 1.17. The van der Waals surface area contributed by atoms with Crippen LogP contribution in [-0.2, 0) is 0 Å². The van der Waals surface area contributed by atoms with Gasteiger partial charge in [-0.05, 0) is 24.3 Å². The zero-order valence-electron chi connectivity index (χ0n) is 10.1. The minimum Gasteiger partial charge on any atom is -0.497 e. The normalized spacial score (nSPS) is 10.6. The van der Waals surface area contributed by atoms with Crippen molar-refractivity contribution in [1.29, 1.82) is 0 Å². The highest BCUT2D eigenvalue weighted by Crippen LogP contribution is 2.18. The number of nitrogens with zero attached hydrogens (tertiary/aromatic N) is 3. The highest BCUT2D eigenvalue weighted by molar-refractivity contribution is 5.57. The molecule has 96 valence electrons. The molecule has 7 heteroatoms. The Labute approximate surface area is 107 Å². The van der Waals surface area contributed by atoms with Crippen molar-refractivity contribution < 1.29 is 4.74 Å². The van der Waals surface area contributed by atoms with Crippen LogP contribution in [0.3, 0.4) is 0 Å². The number of rotatable bonds is 3. The van der Waals surface area contributed by atoms with Crippen LogP contribution in [0.15, 0.2) is 41.3 Å². The molecule has 0 atom stereocenters. The maximum absolute atomic E-state index is 11.6. The van der Waals surface area contributed by atoms with Gasteiger partial charge in [0.1, 0.15) is 5.75 Å². The van der Waals surface area contributed by atoms with Crippen molar-refractivity contribution in [3.05, 3.63) is 47.0 Å². The van der Waals surface area contributed by atoms with Crippen LogP contribution in [0.5, 0.6) is 5.75 Å². The van der Waals surface area contributed by atoms with E-state index in [1.54, 1.807) is 19.4 Å². The summed E-state index contributed by atoms with van der Waals surface area (Å²) < 4.78 is 6.45. The number of ether oxygens (including phenoxy) is 1. The number of anilines is 2. The van der Waals surface area contributed by atoms with Gasteiger partial charge in [-0.25, -0.2) is 19.3 Å². The van der Waals surface area contributed by atoms with Crippen LogP contribution in [0.4, 0.5) is 11.6 Å². The first-order valence-electron chi connectivity index (χ1n) is 5.61. The van der Waals surface area contributed by atoms with Crippen molar-refractivity contribution in [2.24, 2.45) is 0 Å². The first kappa shape index (κ1) is 11.3. The fourth-order valence-corrected chi connectivity index (χ4v) is 1.75. The Kier molecular flexibility index (Phi) is 2.64. The Morgan fingerprint density at radius 3 is 2.79 bits per heavy atom. The topological polar surface area (TPSA) is 84.3 Å². The molecule has 0 fully saturated rings. The van der Waals surface area contributed by atoms with E-state index in [1.165, 1.54) is 4.40 Å². The van der Waals surface area contributed by atoms with Gasteiger partial charge in [0.15, 0.2) is 5.65 Å². The third-order valence-corrected chi connectivity index (χ3v) is 2.68. The molecule has 0 aliphatic carbocycles. The average Bonchev–Trinajstić information content (AvgIpc) is 2.83. The lowest BCUT2D eigenvalue weighted by Gasteiger charge is -2.07. The van der Waals surface area contributed by atoms with E-state index in [9.17, 15) is 4.79 Å². The summed E-state index contributed by atoms with van der Waals surface area (Å²) in [6, 6.07) is 8.97. The molecule has 0 saturated heterocycles. The van der Waals surface area contributed by atoms with Gasteiger partial charge in [-0.2, -0.15) is 5.10 Å². The van der Waals surface area contributed by atoms with E-state index in [2.05, 4.69) is 20.5 Å². The van der Waals surface area contributed by atoms with Crippen molar-refractivity contribution in [3.63, 3.8) is 0 Å². The number of hydrogen-bond donors (Lipinski definition) is 2. The van der Waals surface area contributed by atoms with E-state index in [-0.39, 0.29) is 5.69 Å². The fraction of sp³-hybridized carbons (Fsp3) is 0.0833. The highest BCUT2D eigenvalue weighted by Gasteiger charge is 2.06. The second kappa shape index (κ2) is 4.45. The summed E-state index contributed by atoms with van der Waals surface area (Å²) in [6.45, 7) is 0. The summed E-state index contributed by atoms with van der Waals surface area (Å²) in [7, 11) is 1.61. The molecule has 2 N–H and O–H groups in total. The van der Waals surface area contributed by atoms with E-state index in [0.717, 1.165) is 11.4 Å². The van der Waals surface area contributed by atoms with E-state index >= 15 is 0 Å². The van der Waals surface area contributed by atoms with Crippen LogP contribution in [0.2, 0.25) is 0 Å². The van der Waals surface area contributed by atoms with Crippen molar-refractivity contribution in [2.75, 3.05) is 12.4 Å². The Bertz CT molecular complexity index is 760. The van der Waals surface area contributed by atoms with Crippen LogP contribution in [0.1, 0.15) is 0 Å². The smallest absolute Gasteiger partial charge is 0.350 e. The third kappa shape index (κ3) is 2.01. The molecule has 0 amide bonds. The summed E-state index contributed by atoms with van der Waals surface area (Å²) >= 11 is 0. The molecule has 2 heterocycles. The van der Waals surface area contributed by atoms with Gasteiger partial charge in [0.2, 0.25) is 5.95 Å². The molecule has 3 aromatic rings. The van der Waals surface area contributed by atoms with Crippen molar-refractivity contribution in [1.82, 2.24) is 19.6 Å². The number of aromatic nitrogens is 4. The Balaban J connectivity index is 2.00. The van der Waals surface area contributed by atoms with Gasteiger partial charge in [0.05, 0.1) is 7.11 Å². The average molecular weight is 257 g/mol. The summed E-state index contributed by atoms with van der Waals surface area (Å²) in [6.07, 6.45) is 1.58. The largest absolute Gasteiger partial charge is 0.497 e. The molecular formula is C12H11N5O2. The second-order valence-electron chi connectivity index (χ2n) is 3.84. The summed E-state index contributed by atoms with van der Waals surface area (Å²) in [5.41, 5.74) is 0.976. The van der Waals surface area contributed by atoms with Crippen LogP contribution in [-0.4, -0.2) is 26.7 Å². The minimum absolute atomic E-state index is 0.334. The number of methoxy groups -OCH3 is 1. The van der Waals surface area contributed by atoms with Crippen molar-refractivity contribution in [3.8, 4) is 5.75 Å². The molecule has 1 aromatic carbocycles. The quantitative estimate of drug-likeness (QED) is 0.735. The SMILES string of the molecule is COc1ccc(Nc2nccc3n[nH]c(=O)n23)cc1. The monoisotopic (exact) mass is 257 g/mol. The van der Waals surface area contributed by atoms with Gasteiger partial charge in [-0.1, -0.05) is 0 Å². The van der Waals surface area contributed by atoms with E-state index in [0.29, 0.717) is 11.6 Å². The van der Waals surface area contributed by atoms with Crippen LogP contribution in [0.25, 0.3) is 5.65 Å². The van der Waals surface area contributed by atoms with Crippen LogP contribution in [0, 0.1) is 0 Å². The van der Waals surface area contributed by atoms with Gasteiger partial charge in [0.25, 0.3) is 0 Å². The third-order valence-electron chi connectivity index (χ3n) is 2.68. The van der Waals surface area contributed by atoms with Crippen molar-refractivity contribution >= 4 is 17.3 Å². The van der Waals surface area contributed by atoms with Gasteiger partial charge in [-0.15, -0.1) is 0 Å². The molecule has 0 radical (unpaired) electrons. The zero-order valence-corrected chi connectivity index (χ0v) is 10.1. The molecule has 0 unspecified atom stereocenters. The van der Waals surface area contributed by atoms with Crippen LogP contribution >= 0.6 is 0 Å². The van der Waals surface area contributed by atoms with Gasteiger partial charge < -0.3 is 10.1 Å². The summed E-state index contributed by atoms with van der Waals surface area (Å²) in [5.74, 6) is 1.17. The number of benzene rings is 1. The lowest BCUT2D eigenvalue weighted by Crippen LogP contribution is -2.13. The molecule has 0 aliphatic heterocycles. The molecule has 0 bridgehead atoms. The Morgan fingerprint density at radius 1 is 1.26 bits per heavy atom. The van der Waals surface area contributed by atoms with Crippen LogP contribution < -0.4 is 15.7 Å². The molecule has 0 spiro atoms. The van der Waals surface area contributed by atoms with Crippen molar-refractivity contribution in [2.45, 2.75) is 0 Å². The number of fused-ring (bicyclic) bond motifs is 1. The molecule has 2 aromatic heterocycles. The predicted molar refractivity (Wildman–Crippen MR) is 69.9 cm³/mol. The molecule has 3 rings (SSSR count). The molecule has 0 aliphatic rings.